The molecule has 0 aliphatic heterocycles. The second kappa shape index (κ2) is 15.6. The van der Waals surface area contributed by atoms with Crippen molar-refractivity contribution in [2.24, 2.45) is 0 Å². The molecule has 0 aliphatic rings. The zero-order valence-electron chi connectivity index (χ0n) is 21.8. The number of urea groups is 1. The molecule has 0 spiro atoms. The average Bonchev–Trinajstić information content (AvgIpc) is 2.85. The topological polar surface area (TPSA) is 136 Å². The Hall–Kier alpha value is -4.24. The van der Waals surface area contributed by atoms with E-state index in [-0.39, 0.29) is 12.5 Å². The van der Waals surface area contributed by atoms with E-state index >= 15 is 0 Å². The van der Waals surface area contributed by atoms with E-state index in [0.717, 1.165) is 11.1 Å². The summed E-state index contributed by atoms with van der Waals surface area (Å²) in [6.45, 7) is 9.80. The van der Waals surface area contributed by atoms with Gasteiger partial charge in [0.15, 0.2) is 0 Å². The summed E-state index contributed by atoms with van der Waals surface area (Å²) in [6.07, 6.45) is 0.876. The van der Waals surface area contributed by atoms with Crippen LogP contribution in [0.25, 0.3) is 0 Å². The van der Waals surface area contributed by atoms with Crippen molar-refractivity contribution < 1.29 is 19.1 Å². The van der Waals surface area contributed by atoms with Crippen molar-refractivity contribution in [1.29, 1.82) is 10.5 Å². The van der Waals surface area contributed by atoms with Crippen LogP contribution in [0.1, 0.15) is 69.7 Å². The number of carbonyl (C=O) groups excluding carboxylic acids is 2. The van der Waals surface area contributed by atoms with Gasteiger partial charge in [-0.3, -0.25) is 0 Å². The number of hydrogen-bond acceptors (Lipinski definition) is 6. The number of anilines is 2. The minimum absolute atomic E-state index is 0.136. The van der Waals surface area contributed by atoms with E-state index in [9.17, 15) is 9.59 Å². The number of carbonyl (C=O) groups is 2. The monoisotopic (exact) mass is 493 g/mol. The lowest BCUT2D eigenvalue weighted by molar-refractivity contribution is 0.0950. The van der Waals surface area contributed by atoms with Gasteiger partial charge >= 0.3 is 12.1 Å². The first kappa shape index (κ1) is 29.8. The standard InChI is InChI=1S/C24H27N5O4.C3H8/c1-5-20(10-11-25)33-24(31)27-16(3)21-12-18(8-6-15(21)2)28-23(30)29-19-9-7-17(14-26)22(13-19)32-4;1-3-2/h6-9,12-13,16,20H,5,10H2,1-4H3,(H,27,31)(H2,28,29,30);3H2,1-2H3/t16-,20?;/m0./s1. The zero-order valence-corrected chi connectivity index (χ0v) is 21.8. The lowest BCUT2D eigenvalue weighted by Gasteiger charge is -2.20. The van der Waals surface area contributed by atoms with Crippen molar-refractivity contribution in [2.45, 2.75) is 66.0 Å². The van der Waals surface area contributed by atoms with Gasteiger partial charge in [0.1, 0.15) is 17.9 Å². The number of nitrogens with zero attached hydrogens (tertiary/aromatic N) is 2. The van der Waals surface area contributed by atoms with Crippen molar-refractivity contribution >= 4 is 23.5 Å². The molecular weight excluding hydrogens is 458 g/mol. The van der Waals surface area contributed by atoms with Crippen LogP contribution in [-0.4, -0.2) is 25.3 Å². The molecule has 0 bridgehead atoms. The van der Waals surface area contributed by atoms with E-state index in [0.29, 0.717) is 29.1 Å². The highest BCUT2D eigenvalue weighted by Crippen LogP contribution is 2.24. The molecule has 2 atom stereocenters. The van der Waals surface area contributed by atoms with E-state index in [4.69, 9.17) is 20.0 Å². The predicted octanol–water partition coefficient (Wildman–Crippen LogP) is 6.42. The number of methoxy groups -OCH3 is 1. The van der Waals surface area contributed by atoms with Gasteiger partial charge in [0.25, 0.3) is 0 Å². The number of alkyl carbamates (subject to hydrolysis) is 1. The van der Waals surface area contributed by atoms with Crippen molar-refractivity contribution in [2.75, 3.05) is 17.7 Å². The van der Waals surface area contributed by atoms with E-state index in [1.165, 1.54) is 13.5 Å². The van der Waals surface area contributed by atoms with E-state index < -0.39 is 18.2 Å². The summed E-state index contributed by atoms with van der Waals surface area (Å²) in [7, 11) is 1.45. The third kappa shape index (κ3) is 9.55. The zero-order chi connectivity index (χ0) is 27.1. The molecule has 0 fully saturated rings. The summed E-state index contributed by atoms with van der Waals surface area (Å²) in [6, 6.07) is 13.2. The van der Waals surface area contributed by atoms with Gasteiger partial charge in [-0.2, -0.15) is 10.5 Å². The maximum absolute atomic E-state index is 12.5. The fourth-order valence-electron chi connectivity index (χ4n) is 3.15. The minimum Gasteiger partial charge on any atom is -0.495 e. The summed E-state index contributed by atoms with van der Waals surface area (Å²) >= 11 is 0. The van der Waals surface area contributed by atoms with Crippen molar-refractivity contribution in [3.05, 3.63) is 53.1 Å². The van der Waals surface area contributed by atoms with Crippen molar-refractivity contribution in [1.82, 2.24) is 5.32 Å². The Morgan fingerprint density at radius 2 is 1.64 bits per heavy atom. The third-order valence-electron chi connectivity index (χ3n) is 4.97. The Bertz CT molecular complexity index is 1100. The highest BCUT2D eigenvalue weighted by molar-refractivity contribution is 6.00. The van der Waals surface area contributed by atoms with Crippen LogP contribution < -0.4 is 20.7 Å². The number of nitrogens with one attached hydrogen (secondary N) is 3. The van der Waals surface area contributed by atoms with Gasteiger partial charge in [-0.25, -0.2) is 9.59 Å². The van der Waals surface area contributed by atoms with Crippen LogP contribution in [-0.2, 0) is 4.74 Å². The van der Waals surface area contributed by atoms with Crippen LogP contribution >= 0.6 is 0 Å². The predicted molar refractivity (Wildman–Crippen MR) is 140 cm³/mol. The number of benzene rings is 2. The smallest absolute Gasteiger partial charge is 0.407 e. The van der Waals surface area contributed by atoms with E-state index in [1.54, 1.807) is 30.3 Å². The minimum atomic E-state index is -0.602. The van der Waals surface area contributed by atoms with Crippen LogP contribution in [0.15, 0.2) is 36.4 Å². The Morgan fingerprint density at radius 3 is 2.19 bits per heavy atom. The van der Waals surface area contributed by atoms with Gasteiger partial charge in [0.2, 0.25) is 0 Å². The Kier molecular flexibility index (Phi) is 12.9. The quantitative estimate of drug-likeness (QED) is 0.388. The molecule has 9 nitrogen and oxygen atoms in total. The van der Waals surface area contributed by atoms with Gasteiger partial charge in [-0.1, -0.05) is 33.3 Å². The maximum Gasteiger partial charge on any atom is 0.407 e. The molecule has 0 radical (unpaired) electrons. The second-order valence-corrected chi connectivity index (χ2v) is 8.05. The normalized spacial score (nSPS) is 11.3. The van der Waals surface area contributed by atoms with Crippen LogP contribution in [0.3, 0.4) is 0 Å². The summed E-state index contributed by atoms with van der Waals surface area (Å²) < 4.78 is 10.4. The number of nitriles is 2. The van der Waals surface area contributed by atoms with Crippen LogP contribution in [0, 0.1) is 29.6 Å². The third-order valence-corrected chi connectivity index (χ3v) is 4.97. The van der Waals surface area contributed by atoms with Gasteiger partial charge in [0.05, 0.1) is 31.2 Å². The molecule has 36 heavy (non-hydrogen) atoms. The first-order valence-electron chi connectivity index (χ1n) is 11.8. The molecular formula is C27H35N5O4. The fourth-order valence-corrected chi connectivity index (χ4v) is 3.15. The highest BCUT2D eigenvalue weighted by Gasteiger charge is 2.17. The average molecular weight is 494 g/mol. The molecule has 9 heteroatoms. The van der Waals surface area contributed by atoms with Gasteiger partial charge < -0.3 is 25.4 Å². The highest BCUT2D eigenvalue weighted by atomic mass is 16.6. The molecule has 3 N–H and O–H groups in total. The number of rotatable bonds is 8. The van der Waals surface area contributed by atoms with E-state index in [2.05, 4.69) is 29.8 Å². The fraction of sp³-hybridized carbons (Fsp3) is 0.407. The first-order valence-corrected chi connectivity index (χ1v) is 11.8. The summed E-state index contributed by atoms with van der Waals surface area (Å²) in [5.74, 6) is 0.361. The molecule has 0 aliphatic carbocycles. The lowest BCUT2D eigenvalue weighted by atomic mass is 10.0. The number of ether oxygens (including phenoxy) is 2. The lowest BCUT2D eigenvalue weighted by Crippen LogP contribution is -2.31. The number of aryl methyl sites for hydroxylation is 1. The summed E-state index contributed by atoms with van der Waals surface area (Å²) in [5, 5.41) is 26.1. The number of amides is 3. The van der Waals surface area contributed by atoms with Crippen molar-refractivity contribution in [3.8, 4) is 17.9 Å². The molecule has 0 heterocycles. The molecule has 0 saturated carbocycles. The molecule has 2 aromatic rings. The first-order chi connectivity index (χ1) is 17.2. The van der Waals surface area contributed by atoms with Crippen molar-refractivity contribution in [3.63, 3.8) is 0 Å². The molecule has 3 amide bonds. The Labute approximate surface area is 213 Å². The molecule has 2 rings (SSSR count). The molecule has 1 unspecified atom stereocenters. The molecule has 192 valence electrons. The molecule has 0 aromatic heterocycles. The van der Waals surface area contributed by atoms with Gasteiger partial charge in [-0.05, 0) is 55.7 Å². The Balaban J connectivity index is 0.00000205. The van der Waals surface area contributed by atoms with Crippen LogP contribution in [0.2, 0.25) is 0 Å². The Morgan fingerprint density at radius 1 is 1.03 bits per heavy atom. The summed E-state index contributed by atoms with van der Waals surface area (Å²) in [4.78, 5) is 24.6. The number of hydrogen-bond donors (Lipinski definition) is 3. The SMILES string of the molecule is CCC.CCC(CC#N)OC(=O)N[C@@H](C)c1cc(NC(=O)Nc2ccc(C#N)c(OC)c2)ccc1C. The summed E-state index contributed by atoms with van der Waals surface area (Å²) in [5.41, 5.74) is 3.10. The second-order valence-electron chi connectivity index (χ2n) is 8.05. The van der Waals surface area contributed by atoms with Gasteiger partial charge in [-0.15, -0.1) is 0 Å². The van der Waals surface area contributed by atoms with Gasteiger partial charge in [0, 0.05) is 17.4 Å². The molecule has 0 saturated heterocycles. The van der Waals surface area contributed by atoms with Crippen LogP contribution in [0.4, 0.5) is 21.0 Å². The largest absolute Gasteiger partial charge is 0.495 e. The molecule has 2 aromatic carbocycles. The van der Waals surface area contributed by atoms with Crippen LogP contribution in [0.5, 0.6) is 5.75 Å². The maximum atomic E-state index is 12.5. The van der Waals surface area contributed by atoms with E-state index in [1.807, 2.05) is 39.0 Å².